The molecule has 0 bridgehead atoms. The van der Waals surface area contributed by atoms with E-state index in [1.54, 1.807) is 13.0 Å². The second-order valence-electron chi connectivity index (χ2n) is 6.47. The number of ether oxygens (including phenoxy) is 1. The predicted molar refractivity (Wildman–Crippen MR) is 107 cm³/mol. The molecule has 1 aliphatic rings. The minimum absolute atomic E-state index is 0.182. The number of nitrogens with one attached hydrogen (secondary N) is 3. The topological polar surface area (TPSA) is 92.6 Å². The van der Waals surface area contributed by atoms with E-state index in [0.717, 1.165) is 24.8 Å². The van der Waals surface area contributed by atoms with E-state index in [4.69, 9.17) is 21.4 Å². The van der Waals surface area contributed by atoms with Crippen molar-refractivity contribution >= 4 is 45.5 Å². The molecule has 2 heterocycles. The van der Waals surface area contributed by atoms with Crippen molar-refractivity contribution in [1.29, 1.82) is 0 Å². The van der Waals surface area contributed by atoms with Crippen molar-refractivity contribution in [3.8, 4) is 0 Å². The molecular weight excluding hydrogens is 386 g/mol. The number of methoxy groups -OCH3 is 1. The van der Waals surface area contributed by atoms with Crippen molar-refractivity contribution in [1.82, 2.24) is 10.9 Å². The van der Waals surface area contributed by atoms with Crippen molar-refractivity contribution < 1.29 is 18.7 Å². The van der Waals surface area contributed by atoms with E-state index >= 15 is 0 Å². The summed E-state index contributed by atoms with van der Waals surface area (Å²) in [6.45, 7) is 3.90. The summed E-state index contributed by atoms with van der Waals surface area (Å²) in [5, 5.41) is 3.83. The Hall–Kier alpha value is -2.39. The normalized spacial score (nSPS) is 15.6. The molecule has 0 saturated heterocycles. The molecule has 0 saturated carbocycles. The highest BCUT2D eigenvalue weighted by Crippen LogP contribution is 2.39. The molecule has 7 nitrogen and oxygen atoms in total. The van der Waals surface area contributed by atoms with E-state index in [0.29, 0.717) is 27.8 Å². The number of anilines is 1. The Balaban J connectivity index is 1.71. The van der Waals surface area contributed by atoms with Gasteiger partial charge in [0.2, 0.25) is 0 Å². The number of thiophene rings is 1. The number of carbonyl (C=O) groups excluding carboxylic acids is 2. The highest BCUT2D eigenvalue weighted by Gasteiger charge is 2.28. The molecule has 3 rings (SSSR count). The highest BCUT2D eigenvalue weighted by molar-refractivity contribution is 7.80. The number of aryl methyl sites for hydroxylation is 1. The van der Waals surface area contributed by atoms with Crippen molar-refractivity contribution in [3.63, 3.8) is 0 Å². The Labute approximate surface area is 166 Å². The largest absolute Gasteiger partial charge is 0.469 e. The summed E-state index contributed by atoms with van der Waals surface area (Å²) >= 11 is 6.76. The summed E-state index contributed by atoms with van der Waals surface area (Å²) in [5.41, 5.74) is 7.15. The fourth-order valence-electron chi connectivity index (χ4n) is 3.09. The summed E-state index contributed by atoms with van der Waals surface area (Å²) in [4.78, 5) is 25.6. The standard InChI is InChI=1S/C18H21N3O4S2/c1-9-4-5-12-13(8-9)27-16(14(12)17(23)24-3)19-18(26)21-20-15(22)11-6-7-25-10(11)2/h6-7,9H,4-5,8H2,1-3H3,(H,20,22)(H2,19,21,26). The minimum Gasteiger partial charge on any atom is -0.469 e. The maximum Gasteiger partial charge on any atom is 0.341 e. The van der Waals surface area contributed by atoms with Gasteiger partial charge in [0.1, 0.15) is 10.8 Å². The monoisotopic (exact) mass is 407 g/mol. The van der Waals surface area contributed by atoms with E-state index in [9.17, 15) is 9.59 Å². The van der Waals surface area contributed by atoms with Gasteiger partial charge in [-0.3, -0.25) is 15.6 Å². The average Bonchev–Trinajstić information content (AvgIpc) is 3.21. The molecule has 0 fully saturated rings. The van der Waals surface area contributed by atoms with E-state index < -0.39 is 0 Å². The fraction of sp³-hybridized carbons (Fsp3) is 0.389. The molecule has 3 N–H and O–H groups in total. The third kappa shape index (κ3) is 4.14. The number of hydrazine groups is 1. The summed E-state index contributed by atoms with van der Waals surface area (Å²) in [7, 11) is 1.37. The number of furan rings is 1. The Morgan fingerprint density at radius 1 is 1.37 bits per heavy atom. The van der Waals surface area contributed by atoms with Crippen LogP contribution in [0.2, 0.25) is 0 Å². The van der Waals surface area contributed by atoms with Crippen molar-refractivity contribution in [2.24, 2.45) is 5.92 Å². The van der Waals surface area contributed by atoms with Crippen LogP contribution in [0.1, 0.15) is 50.3 Å². The lowest BCUT2D eigenvalue weighted by Crippen LogP contribution is -2.43. The van der Waals surface area contributed by atoms with Crippen molar-refractivity contribution in [3.05, 3.63) is 39.7 Å². The van der Waals surface area contributed by atoms with Crippen LogP contribution in [-0.2, 0) is 17.6 Å². The second-order valence-corrected chi connectivity index (χ2v) is 7.98. The highest BCUT2D eigenvalue weighted by atomic mass is 32.1. The Morgan fingerprint density at radius 3 is 2.81 bits per heavy atom. The third-order valence-corrected chi connectivity index (χ3v) is 5.90. The van der Waals surface area contributed by atoms with Gasteiger partial charge in [-0.25, -0.2) is 4.79 Å². The number of hydrogen-bond acceptors (Lipinski definition) is 6. The average molecular weight is 408 g/mol. The summed E-state index contributed by atoms with van der Waals surface area (Å²) in [5.74, 6) is 0.349. The molecule has 1 amide bonds. The number of esters is 1. The van der Waals surface area contributed by atoms with Crippen LogP contribution in [0.4, 0.5) is 5.00 Å². The van der Waals surface area contributed by atoms with Gasteiger partial charge in [0.05, 0.1) is 24.5 Å². The summed E-state index contributed by atoms with van der Waals surface area (Å²) in [6, 6.07) is 1.58. The first-order valence-corrected chi connectivity index (χ1v) is 9.77. The van der Waals surface area contributed by atoms with Gasteiger partial charge in [-0.15, -0.1) is 11.3 Å². The molecule has 2 aromatic rings. The van der Waals surface area contributed by atoms with Gasteiger partial charge in [-0.05, 0) is 56.0 Å². The number of thiocarbonyl (C=S) groups is 1. The Morgan fingerprint density at radius 2 is 2.15 bits per heavy atom. The molecule has 9 heteroatoms. The van der Waals surface area contributed by atoms with E-state index in [2.05, 4.69) is 23.1 Å². The van der Waals surface area contributed by atoms with Crippen LogP contribution in [0, 0.1) is 12.8 Å². The van der Waals surface area contributed by atoms with Gasteiger partial charge < -0.3 is 14.5 Å². The lowest BCUT2D eigenvalue weighted by molar-refractivity contribution is 0.0600. The van der Waals surface area contributed by atoms with E-state index in [1.165, 1.54) is 29.6 Å². The van der Waals surface area contributed by atoms with Crippen molar-refractivity contribution in [2.45, 2.75) is 33.1 Å². The van der Waals surface area contributed by atoms with Crippen LogP contribution in [0.5, 0.6) is 0 Å². The van der Waals surface area contributed by atoms with Gasteiger partial charge in [0, 0.05) is 4.88 Å². The molecule has 1 aliphatic carbocycles. The van der Waals surface area contributed by atoms with E-state index in [-0.39, 0.29) is 17.0 Å². The Kier molecular flexibility index (Phi) is 5.81. The third-order valence-electron chi connectivity index (χ3n) is 4.52. The number of amides is 1. The smallest absolute Gasteiger partial charge is 0.341 e. The number of carbonyl (C=O) groups is 2. The maximum absolute atomic E-state index is 12.3. The van der Waals surface area contributed by atoms with Gasteiger partial charge >= 0.3 is 5.97 Å². The van der Waals surface area contributed by atoms with Crippen LogP contribution in [-0.4, -0.2) is 24.1 Å². The first-order chi connectivity index (χ1) is 12.9. The van der Waals surface area contributed by atoms with Crippen molar-refractivity contribution in [2.75, 3.05) is 12.4 Å². The van der Waals surface area contributed by atoms with Crippen LogP contribution < -0.4 is 16.2 Å². The van der Waals surface area contributed by atoms with Gasteiger partial charge in [-0.1, -0.05) is 6.92 Å². The lowest BCUT2D eigenvalue weighted by atomic mass is 9.88. The van der Waals surface area contributed by atoms with Gasteiger partial charge in [0.15, 0.2) is 5.11 Å². The molecule has 2 aromatic heterocycles. The number of rotatable bonds is 3. The second kappa shape index (κ2) is 8.10. The Bertz CT molecular complexity index is 887. The van der Waals surface area contributed by atoms with E-state index in [1.807, 2.05) is 0 Å². The molecule has 0 radical (unpaired) electrons. The van der Waals surface area contributed by atoms with Crippen LogP contribution in [0.15, 0.2) is 16.7 Å². The maximum atomic E-state index is 12.3. The summed E-state index contributed by atoms with van der Waals surface area (Å²) in [6.07, 6.45) is 4.26. The van der Waals surface area contributed by atoms with Gasteiger partial charge in [-0.2, -0.15) is 0 Å². The molecule has 1 unspecified atom stereocenters. The first-order valence-electron chi connectivity index (χ1n) is 8.55. The molecule has 0 spiro atoms. The fourth-order valence-corrected chi connectivity index (χ4v) is 4.71. The molecule has 0 aromatic carbocycles. The van der Waals surface area contributed by atoms with Crippen LogP contribution in [0.3, 0.4) is 0 Å². The quantitative estimate of drug-likeness (QED) is 0.409. The number of hydrogen-bond donors (Lipinski definition) is 3. The zero-order valence-electron chi connectivity index (χ0n) is 15.3. The van der Waals surface area contributed by atoms with Gasteiger partial charge in [0.25, 0.3) is 5.91 Å². The minimum atomic E-state index is -0.384. The van der Waals surface area contributed by atoms with Crippen LogP contribution >= 0.6 is 23.6 Å². The number of fused-ring (bicyclic) bond motifs is 1. The molecule has 27 heavy (non-hydrogen) atoms. The zero-order chi connectivity index (χ0) is 19.6. The lowest BCUT2D eigenvalue weighted by Gasteiger charge is -2.18. The van der Waals surface area contributed by atoms with Crippen LogP contribution in [0.25, 0.3) is 0 Å². The zero-order valence-corrected chi connectivity index (χ0v) is 16.9. The summed E-state index contributed by atoms with van der Waals surface area (Å²) < 4.78 is 10.1. The molecule has 0 aliphatic heterocycles. The SMILES string of the molecule is COC(=O)c1c(NC(=S)NNC(=O)c2ccoc2C)sc2c1CCC(C)C2. The molecule has 1 atom stereocenters. The molecule has 144 valence electrons. The first kappa shape index (κ1) is 19.4. The predicted octanol–water partition coefficient (Wildman–Crippen LogP) is 3.19. The molecular formula is C18H21N3O4S2.